The van der Waals surface area contributed by atoms with Crippen molar-refractivity contribution in [3.63, 3.8) is 0 Å². The first-order valence-corrected chi connectivity index (χ1v) is 8.86. The highest BCUT2D eigenvalue weighted by molar-refractivity contribution is 5.89. The summed E-state index contributed by atoms with van der Waals surface area (Å²) in [7, 11) is 0. The van der Waals surface area contributed by atoms with Gasteiger partial charge in [0, 0.05) is 6.54 Å². The minimum atomic E-state index is -1.05. The van der Waals surface area contributed by atoms with E-state index in [1.54, 1.807) is 24.0 Å². The molecule has 0 aromatic heterocycles. The molecule has 2 aliphatic rings. The molecule has 1 aliphatic heterocycles. The van der Waals surface area contributed by atoms with Gasteiger partial charge in [-0.05, 0) is 37.5 Å². The normalized spacial score (nSPS) is 26.2. The Morgan fingerprint density at radius 2 is 1.80 bits per heavy atom. The maximum atomic E-state index is 13.5. The maximum Gasteiger partial charge on any atom is 0.334 e. The topological polar surface area (TPSA) is 66.8 Å². The quantitative estimate of drug-likeness (QED) is 0.911. The molecule has 136 valence electrons. The second kappa shape index (κ2) is 7.12. The third kappa shape index (κ3) is 3.54. The van der Waals surface area contributed by atoms with Gasteiger partial charge in [0.05, 0.1) is 18.1 Å². The lowest BCUT2D eigenvalue weighted by Gasteiger charge is -2.43. The van der Waals surface area contributed by atoms with Gasteiger partial charge < -0.3 is 14.7 Å². The molecule has 6 heteroatoms. The summed E-state index contributed by atoms with van der Waals surface area (Å²) < 4.78 is 18.8. The number of hydrogen-bond acceptors (Lipinski definition) is 3. The zero-order valence-corrected chi connectivity index (χ0v) is 14.4. The number of carboxylic acids is 1. The van der Waals surface area contributed by atoms with Crippen molar-refractivity contribution in [2.24, 2.45) is 0 Å². The van der Waals surface area contributed by atoms with Crippen molar-refractivity contribution < 1.29 is 23.8 Å². The van der Waals surface area contributed by atoms with Gasteiger partial charge in [-0.15, -0.1) is 0 Å². The Kier molecular flexibility index (Phi) is 5.08. The fourth-order valence-corrected chi connectivity index (χ4v) is 4.11. The van der Waals surface area contributed by atoms with Crippen LogP contribution < -0.4 is 0 Å². The number of benzene rings is 1. The van der Waals surface area contributed by atoms with Gasteiger partial charge in [-0.2, -0.15) is 0 Å². The molecule has 0 radical (unpaired) electrons. The Hall–Kier alpha value is -1.95. The summed E-state index contributed by atoms with van der Waals surface area (Å²) in [4.78, 5) is 26.4. The second-order valence-electron chi connectivity index (χ2n) is 7.13. The summed E-state index contributed by atoms with van der Waals surface area (Å²) >= 11 is 0. The lowest BCUT2D eigenvalue weighted by Crippen LogP contribution is -2.57. The van der Waals surface area contributed by atoms with E-state index in [-0.39, 0.29) is 24.4 Å². The molecule has 25 heavy (non-hydrogen) atoms. The van der Waals surface area contributed by atoms with Crippen LogP contribution in [-0.4, -0.2) is 47.2 Å². The molecule has 1 heterocycles. The first-order valence-electron chi connectivity index (χ1n) is 8.86. The van der Waals surface area contributed by atoms with Crippen molar-refractivity contribution in [3.8, 4) is 0 Å². The van der Waals surface area contributed by atoms with Crippen LogP contribution in [0.25, 0.3) is 0 Å². The van der Waals surface area contributed by atoms with E-state index >= 15 is 0 Å². The van der Waals surface area contributed by atoms with Crippen LogP contribution in [0.4, 0.5) is 4.39 Å². The van der Waals surface area contributed by atoms with Crippen LogP contribution in [0, 0.1) is 5.82 Å². The van der Waals surface area contributed by atoms with Crippen LogP contribution in [0.2, 0.25) is 0 Å². The van der Waals surface area contributed by atoms with Gasteiger partial charge in [-0.25, -0.2) is 9.18 Å². The first kappa shape index (κ1) is 17.9. The molecular weight excluding hydrogens is 325 g/mol. The predicted octanol–water partition coefficient (Wildman–Crippen LogP) is 2.73. The zero-order valence-electron chi connectivity index (χ0n) is 14.4. The first-order chi connectivity index (χ1) is 11.9. The van der Waals surface area contributed by atoms with E-state index in [0.717, 1.165) is 24.8 Å². The summed E-state index contributed by atoms with van der Waals surface area (Å²) in [5.41, 5.74) is 0.135. The standard InChI is InChI=1S/C19H24FNO4/c1-13-11-21(12-16(25-13)17(22)23)18(24)19(9-3-2-4-10-19)14-5-7-15(20)8-6-14/h5-8,13,16H,2-4,9-12H2,1H3,(H,22,23)/t13-,16?/m1/s1. The van der Waals surface area contributed by atoms with Crippen LogP contribution >= 0.6 is 0 Å². The van der Waals surface area contributed by atoms with Crippen molar-refractivity contribution in [2.45, 2.75) is 56.7 Å². The van der Waals surface area contributed by atoms with Crippen molar-refractivity contribution in [1.82, 2.24) is 4.90 Å². The summed E-state index contributed by atoms with van der Waals surface area (Å²) in [6, 6.07) is 6.16. The zero-order chi connectivity index (χ0) is 18.0. The fourth-order valence-electron chi connectivity index (χ4n) is 4.11. The molecule has 5 nitrogen and oxygen atoms in total. The van der Waals surface area contributed by atoms with E-state index in [0.29, 0.717) is 19.4 Å². The number of ether oxygens (including phenoxy) is 1. The van der Waals surface area contributed by atoms with Crippen LogP contribution in [0.15, 0.2) is 24.3 Å². The Morgan fingerprint density at radius 3 is 2.40 bits per heavy atom. The Bertz CT molecular complexity index is 639. The predicted molar refractivity (Wildman–Crippen MR) is 89.7 cm³/mol. The minimum absolute atomic E-state index is 0.0554. The maximum absolute atomic E-state index is 13.5. The molecule has 1 aliphatic carbocycles. The van der Waals surface area contributed by atoms with Gasteiger partial charge >= 0.3 is 5.97 Å². The van der Waals surface area contributed by atoms with E-state index in [2.05, 4.69) is 0 Å². The highest BCUT2D eigenvalue weighted by Gasteiger charge is 2.45. The molecule has 1 saturated carbocycles. The summed E-state index contributed by atoms with van der Waals surface area (Å²) in [5.74, 6) is -1.43. The van der Waals surface area contributed by atoms with Crippen LogP contribution in [-0.2, 0) is 19.7 Å². The lowest BCUT2D eigenvalue weighted by molar-refractivity contribution is -0.169. The van der Waals surface area contributed by atoms with Crippen LogP contribution in [0.3, 0.4) is 0 Å². The Balaban J connectivity index is 1.91. The number of amides is 1. The summed E-state index contributed by atoms with van der Waals surface area (Å²) in [6.07, 6.45) is 3.04. The van der Waals surface area contributed by atoms with Crippen molar-refractivity contribution >= 4 is 11.9 Å². The number of morpholine rings is 1. The molecule has 2 fully saturated rings. The average molecular weight is 349 g/mol. The highest BCUT2D eigenvalue weighted by Crippen LogP contribution is 2.41. The third-order valence-electron chi connectivity index (χ3n) is 5.34. The third-order valence-corrected chi connectivity index (χ3v) is 5.34. The molecule has 1 aromatic carbocycles. The molecule has 0 spiro atoms. The van der Waals surface area contributed by atoms with Crippen molar-refractivity contribution in [1.29, 1.82) is 0 Å². The van der Waals surface area contributed by atoms with E-state index in [1.165, 1.54) is 12.1 Å². The molecule has 1 N–H and O–H groups in total. The number of carbonyl (C=O) groups is 2. The lowest BCUT2D eigenvalue weighted by atomic mass is 9.68. The van der Waals surface area contributed by atoms with Gasteiger partial charge in [0.1, 0.15) is 5.82 Å². The van der Waals surface area contributed by atoms with Crippen LogP contribution in [0.1, 0.15) is 44.6 Å². The molecule has 3 rings (SSSR count). The van der Waals surface area contributed by atoms with Crippen LogP contribution in [0.5, 0.6) is 0 Å². The highest BCUT2D eigenvalue weighted by atomic mass is 19.1. The summed E-state index contributed by atoms with van der Waals surface area (Å²) in [6.45, 7) is 2.22. The van der Waals surface area contributed by atoms with Crippen molar-refractivity contribution in [2.75, 3.05) is 13.1 Å². The van der Waals surface area contributed by atoms with Gasteiger partial charge in [0.2, 0.25) is 5.91 Å². The molecule has 0 bridgehead atoms. The monoisotopic (exact) mass is 349 g/mol. The van der Waals surface area contributed by atoms with Crippen molar-refractivity contribution in [3.05, 3.63) is 35.6 Å². The van der Waals surface area contributed by atoms with Gasteiger partial charge in [-0.1, -0.05) is 31.4 Å². The molecule has 2 atom stereocenters. The number of carbonyl (C=O) groups excluding carboxylic acids is 1. The van der Waals surface area contributed by atoms with E-state index in [4.69, 9.17) is 4.74 Å². The molecule has 1 aromatic rings. The molecule has 1 saturated heterocycles. The molecular formula is C19H24FNO4. The fraction of sp³-hybridized carbons (Fsp3) is 0.579. The number of carboxylic acid groups (broad SMARTS) is 1. The smallest absolute Gasteiger partial charge is 0.334 e. The molecule has 1 unspecified atom stereocenters. The number of aliphatic carboxylic acids is 1. The average Bonchev–Trinajstić information content (AvgIpc) is 2.61. The van der Waals surface area contributed by atoms with Gasteiger partial charge in [-0.3, -0.25) is 4.79 Å². The minimum Gasteiger partial charge on any atom is -0.479 e. The van der Waals surface area contributed by atoms with E-state index < -0.39 is 17.5 Å². The Labute approximate surface area is 146 Å². The second-order valence-corrected chi connectivity index (χ2v) is 7.13. The number of hydrogen-bond donors (Lipinski definition) is 1. The van der Waals surface area contributed by atoms with E-state index in [1.807, 2.05) is 0 Å². The number of rotatable bonds is 3. The number of nitrogens with zero attached hydrogens (tertiary/aromatic N) is 1. The summed E-state index contributed by atoms with van der Waals surface area (Å²) in [5, 5.41) is 9.27. The Morgan fingerprint density at radius 1 is 1.16 bits per heavy atom. The molecule has 1 amide bonds. The number of halogens is 1. The van der Waals surface area contributed by atoms with Gasteiger partial charge in [0.25, 0.3) is 0 Å². The SMILES string of the molecule is C[C@@H]1CN(C(=O)C2(c3ccc(F)cc3)CCCCC2)CC(C(=O)O)O1. The van der Waals surface area contributed by atoms with E-state index in [9.17, 15) is 19.1 Å². The van der Waals surface area contributed by atoms with Gasteiger partial charge in [0.15, 0.2) is 6.10 Å². The largest absolute Gasteiger partial charge is 0.479 e.